The first-order valence-electron chi connectivity index (χ1n) is 10.8. The number of rotatable bonds is 7. The maximum absolute atomic E-state index is 12.9. The molecule has 1 atom stereocenters. The van der Waals surface area contributed by atoms with Crippen LogP contribution in [0.4, 0.5) is 0 Å². The predicted molar refractivity (Wildman–Crippen MR) is 121 cm³/mol. The van der Waals surface area contributed by atoms with Gasteiger partial charge in [0.25, 0.3) is 5.79 Å². The minimum absolute atomic E-state index is 0.0552. The molecule has 0 saturated heterocycles. The van der Waals surface area contributed by atoms with Crippen molar-refractivity contribution in [2.24, 2.45) is 0 Å². The van der Waals surface area contributed by atoms with Crippen LogP contribution in [0.25, 0.3) is 0 Å². The quantitative estimate of drug-likeness (QED) is 0.498. The maximum Gasteiger partial charge on any atom is 0.345 e. The Morgan fingerprint density at radius 3 is 2.42 bits per heavy atom. The van der Waals surface area contributed by atoms with Gasteiger partial charge in [0.1, 0.15) is 23.7 Å². The van der Waals surface area contributed by atoms with Crippen LogP contribution in [0.3, 0.4) is 0 Å². The van der Waals surface area contributed by atoms with Gasteiger partial charge in [-0.25, -0.2) is 4.79 Å². The molecular weight excluding hydrogens is 424 g/mol. The number of aliphatic hydroxyl groups is 1. The third-order valence-electron chi connectivity index (χ3n) is 5.66. The molecule has 0 amide bonds. The van der Waals surface area contributed by atoms with Crippen molar-refractivity contribution in [2.45, 2.75) is 46.0 Å². The Labute approximate surface area is 193 Å². The van der Waals surface area contributed by atoms with Crippen molar-refractivity contribution in [3.63, 3.8) is 0 Å². The largest absolute Gasteiger partial charge is 0.496 e. The van der Waals surface area contributed by atoms with Crippen LogP contribution in [-0.2, 0) is 31.5 Å². The highest BCUT2D eigenvalue weighted by Gasteiger charge is 2.50. The second-order valence-electron chi connectivity index (χ2n) is 8.45. The lowest BCUT2D eigenvalue weighted by Gasteiger charge is -2.26. The number of aryl methyl sites for hydroxylation is 2. The summed E-state index contributed by atoms with van der Waals surface area (Å²) in [6.07, 6.45) is 1.96. The zero-order chi connectivity index (χ0) is 23.8. The summed E-state index contributed by atoms with van der Waals surface area (Å²) in [4.78, 5) is 23.1. The van der Waals surface area contributed by atoms with Crippen LogP contribution >= 0.6 is 0 Å². The van der Waals surface area contributed by atoms with Gasteiger partial charge in [0.2, 0.25) is 0 Å². The van der Waals surface area contributed by atoms with Crippen molar-refractivity contribution in [3.05, 3.63) is 81.6 Å². The molecule has 2 aromatic carbocycles. The molecule has 0 aliphatic carbocycles. The third kappa shape index (κ3) is 4.34. The summed E-state index contributed by atoms with van der Waals surface area (Å²) >= 11 is 0. The summed E-state index contributed by atoms with van der Waals surface area (Å²) in [5.41, 5.74) is 3.62. The van der Waals surface area contributed by atoms with Crippen LogP contribution in [0.5, 0.6) is 11.5 Å². The fourth-order valence-corrected chi connectivity index (χ4v) is 4.12. The lowest BCUT2D eigenvalue weighted by molar-refractivity contribution is -0.231. The van der Waals surface area contributed by atoms with Gasteiger partial charge in [-0.2, -0.15) is 4.89 Å². The van der Waals surface area contributed by atoms with Gasteiger partial charge in [0.05, 0.1) is 13.2 Å². The van der Waals surface area contributed by atoms with Gasteiger partial charge in [-0.3, -0.25) is 0 Å². The van der Waals surface area contributed by atoms with Gasteiger partial charge in [0.15, 0.2) is 5.76 Å². The number of carbonyl (C=O) groups is 1. The minimum Gasteiger partial charge on any atom is -0.496 e. The summed E-state index contributed by atoms with van der Waals surface area (Å²) in [6.45, 7) is 7.97. The summed E-state index contributed by atoms with van der Waals surface area (Å²) in [5, 5.41) is 11.7. The van der Waals surface area contributed by atoms with Crippen molar-refractivity contribution >= 4 is 5.97 Å². The molecule has 7 nitrogen and oxygen atoms in total. The van der Waals surface area contributed by atoms with Crippen molar-refractivity contribution in [3.8, 4) is 11.5 Å². The monoisotopic (exact) mass is 452 g/mol. The van der Waals surface area contributed by atoms with E-state index in [-0.39, 0.29) is 30.5 Å². The molecule has 0 bridgehead atoms. The summed E-state index contributed by atoms with van der Waals surface area (Å²) in [7, 11) is 1.58. The van der Waals surface area contributed by atoms with E-state index in [1.54, 1.807) is 31.4 Å². The predicted octanol–water partition coefficient (Wildman–Crippen LogP) is 4.19. The summed E-state index contributed by atoms with van der Waals surface area (Å²) in [5.74, 6) is -0.930. The molecule has 2 heterocycles. The fraction of sp³-hybridized carbons (Fsp3) is 0.346. The summed E-state index contributed by atoms with van der Waals surface area (Å²) in [6, 6.07) is 11.0. The molecule has 7 heteroatoms. The molecule has 33 heavy (non-hydrogen) atoms. The van der Waals surface area contributed by atoms with E-state index in [1.165, 1.54) is 0 Å². The normalized spacial score (nSPS) is 20.1. The van der Waals surface area contributed by atoms with Crippen molar-refractivity contribution < 1.29 is 33.9 Å². The SMILES string of the molecule is COc1ccc(C2(O)OC(=O)C(C3=CCOO3)=C2Cc2ccc(OC(C)C)c(C)c2)cc1C. The van der Waals surface area contributed by atoms with Crippen LogP contribution in [0.2, 0.25) is 0 Å². The van der Waals surface area contributed by atoms with Gasteiger partial charge in [-0.1, -0.05) is 12.1 Å². The second-order valence-corrected chi connectivity index (χ2v) is 8.45. The standard InChI is InChI=1S/C26H28O7/c1-15(2)31-22-8-6-18(12-16(22)3)14-20-24(23-10-11-30-33-23)25(27)32-26(20,28)19-7-9-21(29-5)17(4)13-19/h6-10,12-13,15,28H,11,14H2,1-5H3. The number of benzene rings is 2. The molecule has 2 aromatic rings. The molecule has 0 aromatic heterocycles. The van der Waals surface area contributed by atoms with Crippen LogP contribution in [0, 0.1) is 13.8 Å². The first-order chi connectivity index (χ1) is 15.7. The highest BCUT2D eigenvalue weighted by atomic mass is 17.2. The van der Waals surface area contributed by atoms with Crippen molar-refractivity contribution in [2.75, 3.05) is 13.7 Å². The first kappa shape index (κ1) is 22.9. The van der Waals surface area contributed by atoms with E-state index < -0.39 is 11.8 Å². The molecule has 2 aliphatic heterocycles. The van der Waals surface area contributed by atoms with E-state index in [2.05, 4.69) is 0 Å². The van der Waals surface area contributed by atoms with E-state index in [1.807, 2.05) is 45.9 Å². The average molecular weight is 453 g/mol. The van der Waals surface area contributed by atoms with Gasteiger partial charge < -0.3 is 24.2 Å². The topological polar surface area (TPSA) is 83.5 Å². The number of ether oxygens (including phenoxy) is 3. The molecule has 0 fully saturated rings. The Morgan fingerprint density at radius 2 is 1.82 bits per heavy atom. The lowest BCUT2D eigenvalue weighted by atomic mass is 9.88. The number of esters is 1. The Kier molecular flexibility index (Phi) is 6.19. The molecule has 0 spiro atoms. The van der Waals surface area contributed by atoms with Crippen LogP contribution in [0.1, 0.15) is 36.1 Å². The Morgan fingerprint density at radius 1 is 1.09 bits per heavy atom. The van der Waals surface area contributed by atoms with Gasteiger partial charge in [-0.15, -0.1) is 0 Å². The number of hydrogen-bond acceptors (Lipinski definition) is 7. The molecule has 2 aliphatic rings. The van der Waals surface area contributed by atoms with E-state index in [0.29, 0.717) is 16.9 Å². The van der Waals surface area contributed by atoms with Crippen LogP contribution in [0.15, 0.2) is 59.4 Å². The summed E-state index contributed by atoms with van der Waals surface area (Å²) < 4.78 is 16.8. The van der Waals surface area contributed by atoms with Gasteiger partial charge in [0, 0.05) is 17.6 Å². The van der Waals surface area contributed by atoms with E-state index in [4.69, 9.17) is 24.0 Å². The lowest BCUT2D eigenvalue weighted by Crippen LogP contribution is -2.30. The average Bonchev–Trinajstić information content (AvgIpc) is 3.36. The first-order valence-corrected chi connectivity index (χ1v) is 10.8. The molecule has 1 unspecified atom stereocenters. The molecular formula is C26H28O7. The van der Waals surface area contributed by atoms with E-state index >= 15 is 0 Å². The Hall–Kier alpha value is -3.29. The zero-order valence-corrected chi connectivity index (χ0v) is 19.4. The van der Waals surface area contributed by atoms with Crippen LogP contribution in [-0.4, -0.2) is 30.9 Å². The van der Waals surface area contributed by atoms with Crippen molar-refractivity contribution in [1.29, 1.82) is 0 Å². The van der Waals surface area contributed by atoms with Gasteiger partial charge >= 0.3 is 5.97 Å². The molecule has 174 valence electrons. The molecule has 0 saturated carbocycles. The third-order valence-corrected chi connectivity index (χ3v) is 5.66. The van der Waals surface area contributed by atoms with Crippen LogP contribution < -0.4 is 9.47 Å². The van der Waals surface area contributed by atoms with Gasteiger partial charge in [-0.05, 0) is 74.7 Å². The highest BCUT2D eigenvalue weighted by molar-refractivity contribution is 5.97. The Bertz CT molecular complexity index is 1150. The fourth-order valence-electron chi connectivity index (χ4n) is 4.12. The minimum atomic E-state index is -1.96. The van der Waals surface area contributed by atoms with E-state index in [9.17, 15) is 9.90 Å². The number of cyclic esters (lactones) is 1. The van der Waals surface area contributed by atoms with Crippen molar-refractivity contribution in [1.82, 2.24) is 0 Å². The molecule has 1 N–H and O–H groups in total. The molecule has 0 radical (unpaired) electrons. The Balaban J connectivity index is 1.79. The van der Waals surface area contributed by atoms with E-state index in [0.717, 1.165) is 22.4 Å². The number of methoxy groups -OCH3 is 1. The highest BCUT2D eigenvalue weighted by Crippen LogP contribution is 2.45. The zero-order valence-electron chi connectivity index (χ0n) is 19.4. The smallest absolute Gasteiger partial charge is 0.345 e. The number of carbonyl (C=O) groups excluding carboxylic acids is 1. The molecule has 4 rings (SSSR count). The number of hydrogen-bond donors (Lipinski definition) is 1. The second kappa shape index (κ2) is 8.92. The maximum atomic E-state index is 12.9.